The second-order valence-electron chi connectivity index (χ2n) is 3.62. The average Bonchev–Trinajstić information content (AvgIpc) is 2.68. The maximum Gasteiger partial charge on any atom is 0.134 e. The van der Waals surface area contributed by atoms with Crippen molar-refractivity contribution in [3.8, 4) is 6.07 Å². The molecule has 2 aromatic rings. The summed E-state index contributed by atoms with van der Waals surface area (Å²) in [5.74, 6) is 0. The summed E-state index contributed by atoms with van der Waals surface area (Å²) in [5, 5.41) is 9.94. The Hall–Kier alpha value is -1.99. The highest BCUT2D eigenvalue weighted by atomic mass is 32.1. The van der Waals surface area contributed by atoms with Gasteiger partial charge < -0.3 is 0 Å². The predicted octanol–water partition coefficient (Wildman–Crippen LogP) is 3.22. The zero-order chi connectivity index (χ0) is 12.3. The van der Waals surface area contributed by atoms with Gasteiger partial charge in [0.25, 0.3) is 0 Å². The van der Waals surface area contributed by atoms with E-state index in [1.165, 1.54) is 0 Å². The van der Waals surface area contributed by atoms with Crippen molar-refractivity contribution < 1.29 is 0 Å². The van der Waals surface area contributed by atoms with Crippen LogP contribution in [0.4, 0.5) is 0 Å². The lowest BCUT2D eigenvalue weighted by Crippen LogP contribution is -1.82. The number of pyridine rings is 1. The molecule has 0 N–H and O–H groups in total. The molecular weight excluding hydrogens is 230 g/mol. The summed E-state index contributed by atoms with van der Waals surface area (Å²) in [5.41, 5.74) is 2.48. The molecule has 0 fully saturated rings. The van der Waals surface area contributed by atoms with Crippen LogP contribution in [0, 0.1) is 25.2 Å². The molecule has 0 aliphatic rings. The van der Waals surface area contributed by atoms with Crippen molar-refractivity contribution in [2.75, 3.05) is 0 Å². The number of aromatic nitrogens is 2. The number of nitriles is 1. The van der Waals surface area contributed by atoms with E-state index in [-0.39, 0.29) is 0 Å². The third kappa shape index (κ3) is 2.58. The lowest BCUT2D eigenvalue weighted by atomic mass is 10.2. The molecule has 84 valence electrons. The first kappa shape index (κ1) is 11.5. The van der Waals surface area contributed by atoms with E-state index in [4.69, 9.17) is 5.26 Å². The van der Waals surface area contributed by atoms with E-state index < -0.39 is 0 Å². The fraction of sp³-hybridized carbons (Fsp3) is 0.154. The van der Waals surface area contributed by atoms with Gasteiger partial charge in [0.05, 0.1) is 11.3 Å². The summed E-state index contributed by atoms with van der Waals surface area (Å²) in [6.45, 7) is 3.96. The largest absolute Gasteiger partial charge is 0.264 e. The molecule has 2 rings (SSSR count). The molecule has 0 atom stereocenters. The van der Waals surface area contributed by atoms with Crippen molar-refractivity contribution in [1.29, 1.82) is 5.26 Å². The molecule has 0 aliphatic carbocycles. The van der Waals surface area contributed by atoms with Crippen LogP contribution in [0.5, 0.6) is 0 Å². The molecule has 0 aliphatic heterocycles. The van der Waals surface area contributed by atoms with E-state index in [1.54, 1.807) is 23.7 Å². The molecule has 0 spiro atoms. The molecule has 3 nitrogen and oxygen atoms in total. The first-order valence-corrected chi connectivity index (χ1v) is 5.98. The molecule has 0 radical (unpaired) electrons. The van der Waals surface area contributed by atoms with Gasteiger partial charge in [-0.25, -0.2) is 4.98 Å². The molecule has 17 heavy (non-hydrogen) atoms. The minimum atomic E-state index is 0.583. The molecule has 2 heterocycles. The monoisotopic (exact) mass is 241 g/mol. The van der Waals surface area contributed by atoms with Gasteiger partial charge in [-0.3, -0.25) is 4.98 Å². The van der Waals surface area contributed by atoms with Crippen molar-refractivity contribution in [3.05, 3.63) is 45.7 Å². The minimum absolute atomic E-state index is 0.583. The van der Waals surface area contributed by atoms with E-state index in [2.05, 4.69) is 16.0 Å². The van der Waals surface area contributed by atoms with Crippen molar-refractivity contribution in [3.63, 3.8) is 0 Å². The lowest BCUT2D eigenvalue weighted by molar-refractivity contribution is 1.21. The van der Waals surface area contributed by atoms with E-state index in [1.807, 2.05) is 32.1 Å². The minimum Gasteiger partial charge on any atom is -0.264 e. The summed E-state index contributed by atoms with van der Waals surface area (Å²) < 4.78 is 0. The fourth-order valence-corrected chi connectivity index (χ4v) is 2.24. The first-order chi connectivity index (χ1) is 8.20. The number of nitrogens with zero attached hydrogens (tertiary/aromatic N) is 3. The van der Waals surface area contributed by atoms with Crippen LogP contribution < -0.4 is 0 Å². The highest BCUT2D eigenvalue weighted by Crippen LogP contribution is 2.24. The topological polar surface area (TPSA) is 49.6 Å². The number of aryl methyl sites for hydroxylation is 2. The number of thiazole rings is 1. The molecule has 0 unspecified atom stereocenters. The van der Waals surface area contributed by atoms with Crippen LogP contribution in [0.2, 0.25) is 0 Å². The van der Waals surface area contributed by atoms with Crippen molar-refractivity contribution in [1.82, 2.24) is 9.97 Å². The van der Waals surface area contributed by atoms with Gasteiger partial charge in [-0.05, 0) is 31.6 Å². The van der Waals surface area contributed by atoms with Crippen LogP contribution in [0.1, 0.15) is 21.1 Å². The molecule has 4 heteroatoms. The van der Waals surface area contributed by atoms with Crippen LogP contribution in [-0.4, -0.2) is 9.97 Å². The summed E-state index contributed by atoms with van der Waals surface area (Å²) in [6.07, 6.45) is 5.25. The Balaban J connectivity index is 2.41. The third-order valence-electron chi connectivity index (χ3n) is 2.37. The maximum absolute atomic E-state index is 9.17. The standard InChI is InChI=1S/C13H11N3S/c1-9-10(2)17-13(16-9)12(7-14)6-11-4-3-5-15-8-11/h3-6,8H,1-2H3/b12-6+. The summed E-state index contributed by atoms with van der Waals surface area (Å²) in [7, 11) is 0. The Morgan fingerprint density at radius 3 is 2.82 bits per heavy atom. The van der Waals surface area contributed by atoms with E-state index in [0.29, 0.717) is 5.57 Å². The molecule has 2 aromatic heterocycles. The normalized spacial score (nSPS) is 11.2. The van der Waals surface area contributed by atoms with Gasteiger partial charge in [0.2, 0.25) is 0 Å². The van der Waals surface area contributed by atoms with Crippen LogP contribution in [0.3, 0.4) is 0 Å². The number of rotatable bonds is 2. The van der Waals surface area contributed by atoms with E-state index >= 15 is 0 Å². The molecular formula is C13H11N3S. The van der Waals surface area contributed by atoms with Gasteiger partial charge in [0, 0.05) is 17.3 Å². The quantitative estimate of drug-likeness (QED) is 0.758. The average molecular weight is 241 g/mol. The van der Waals surface area contributed by atoms with Gasteiger partial charge in [0.15, 0.2) is 0 Å². The van der Waals surface area contributed by atoms with Crippen molar-refractivity contribution >= 4 is 23.0 Å². The fourth-order valence-electron chi connectivity index (χ4n) is 1.36. The van der Waals surface area contributed by atoms with E-state index in [0.717, 1.165) is 21.1 Å². The van der Waals surface area contributed by atoms with Crippen LogP contribution in [-0.2, 0) is 0 Å². The number of allylic oxidation sites excluding steroid dienone is 1. The zero-order valence-corrected chi connectivity index (χ0v) is 10.5. The highest BCUT2D eigenvalue weighted by molar-refractivity contribution is 7.12. The van der Waals surface area contributed by atoms with Crippen molar-refractivity contribution in [2.45, 2.75) is 13.8 Å². The molecule has 0 bridgehead atoms. The third-order valence-corrected chi connectivity index (χ3v) is 3.48. The number of hydrogen-bond acceptors (Lipinski definition) is 4. The number of hydrogen-bond donors (Lipinski definition) is 0. The smallest absolute Gasteiger partial charge is 0.134 e. The Labute approximate surface area is 104 Å². The van der Waals surface area contributed by atoms with Gasteiger partial charge in [-0.2, -0.15) is 5.26 Å². The van der Waals surface area contributed by atoms with Crippen molar-refractivity contribution in [2.24, 2.45) is 0 Å². The summed E-state index contributed by atoms with van der Waals surface area (Å²) >= 11 is 1.54. The van der Waals surface area contributed by atoms with Crippen LogP contribution in [0.25, 0.3) is 11.6 Å². The Kier molecular flexibility index (Phi) is 3.31. The second-order valence-corrected chi connectivity index (χ2v) is 4.82. The van der Waals surface area contributed by atoms with Gasteiger partial charge in [-0.15, -0.1) is 11.3 Å². The molecule has 0 aromatic carbocycles. The molecule has 0 saturated carbocycles. The Morgan fingerprint density at radius 2 is 2.29 bits per heavy atom. The second kappa shape index (κ2) is 4.89. The van der Waals surface area contributed by atoms with Gasteiger partial charge in [0.1, 0.15) is 11.1 Å². The highest BCUT2D eigenvalue weighted by Gasteiger charge is 2.08. The summed E-state index contributed by atoms with van der Waals surface area (Å²) in [6, 6.07) is 5.95. The lowest BCUT2D eigenvalue weighted by Gasteiger charge is -1.93. The van der Waals surface area contributed by atoms with Gasteiger partial charge >= 0.3 is 0 Å². The van der Waals surface area contributed by atoms with Crippen LogP contribution in [0.15, 0.2) is 24.5 Å². The maximum atomic E-state index is 9.17. The zero-order valence-electron chi connectivity index (χ0n) is 9.64. The first-order valence-electron chi connectivity index (χ1n) is 5.17. The van der Waals surface area contributed by atoms with Crippen LogP contribution >= 0.6 is 11.3 Å². The molecule has 0 saturated heterocycles. The molecule has 0 amide bonds. The Morgan fingerprint density at radius 1 is 1.47 bits per heavy atom. The Bertz CT molecular complexity index is 571. The summed E-state index contributed by atoms with van der Waals surface area (Å²) in [4.78, 5) is 9.55. The van der Waals surface area contributed by atoms with Gasteiger partial charge in [-0.1, -0.05) is 6.07 Å². The predicted molar refractivity (Wildman–Crippen MR) is 69.3 cm³/mol. The SMILES string of the molecule is Cc1nc(/C(C#N)=C/c2cccnc2)sc1C. The van der Waals surface area contributed by atoms with E-state index in [9.17, 15) is 0 Å².